The molecule has 2 aliphatic rings. The van der Waals surface area contributed by atoms with Gasteiger partial charge < -0.3 is 10.0 Å². The first kappa shape index (κ1) is 16.7. The maximum atomic E-state index is 12.4. The van der Waals surface area contributed by atoms with Crippen LogP contribution in [0.25, 0.3) is 0 Å². The first-order chi connectivity index (χ1) is 11.5. The summed E-state index contributed by atoms with van der Waals surface area (Å²) >= 11 is 0. The zero-order valence-corrected chi connectivity index (χ0v) is 13.8. The molecule has 1 aromatic carbocycles. The van der Waals surface area contributed by atoms with E-state index in [1.54, 1.807) is 4.90 Å². The highest BCUT2D eigenvalue weighted by Gasteiger charge is 2.30. The van der Waals surface area contributed by atoms with E-state index in [1.807, 2.05) is 18.2 Å². The number of carbonyl (C=O) groups is 3. The quantitative estimate of drug-likeness (QED) is 0.842. The molecule has 1 amide bonds. The molecule has 1 fully saturated rings. The molecule has 3 rings (SSSR count). The van der Waals surface area contributed by atoms with Gasteiger partial charge in [-0.2, -0.15) is 0 Å². The zero-order chi connectivity index (χ0) is 17.1. The van der Waals surface area contributed by atoms with Crippen LogP contribution in [0.2, 0.25) is 0 Å². The third-order valence-corrected chi connectivity index (χ3v) is 5.13. The predicted molar refractivity (Wildman–Crippen MR) is 89.0 cm³/mol. The minimum atomic E-state index is -0.851. The highest BCUT2D eigenvalue weighted by atomic mass is 16.4. The molecule has 0 aromatic heterocycles. The van der Waals surface area contributed by atoms with Crippen molar-refractivity contribution in [2.24, 2.45) is 5.92 Å². The van der Waals surface area contributed by atoms with Crippen molar-refractivity contribution in [2.45, 2.75) is 44.9 Å². The number of Topliss-reactive ketones (excluding diaryl/α,β-unsaturated/α-hetero) is 1. The summed E-state index contributed by atoms with van der Waals surface area (Å²) < 4.78 is 0. The molecule has 0 spiro atoms. The molecule has 5 heteroatoms. The Morgan fingerprint density at radius 3 is 2.54 bits per heavy atom. The Bertz CT molecular complexity index is 667. The van der Waals surface area contributed by atoms with Gasteiger partial charge in [-0.15, -0.1) is 0 Å². The van der Waals surface area contributed by atoms with Crippen molar-refractivity contribution in [3.63, 3.8) is 0 Å². The fraction of sp³-hybridized carbons (Fsp3) is 0.526. The van der Waals surface area contributed by atoms with Crippen LogP contribution in [0.15, 0.2) is 18.2 Å². The third kappa shape index (κ3) is 3.66. The van der Waals surface area contributed by atoms with Crippen molar-refractivity contribution in [3.8, 4) is 0 Å². The lowest BCUT2D eigenvalue weighted by Crippen LogP contribution is -2.30. The number of rotatable bonds is 5. The lowest BCUT2D eigenvalue weighted by atomic mass is 9.89. The van der Waals surface area contributed by atoms with Crippen molar-refractivity contribution in [1.82, 2.24) is 4.90 Å². The summed E-state index contributed by atoms with van der Waals surface area (Å²) in [5.41, 5.74) is 3.29. The molecule has 128 valence electrons. The molecule has 1 aliphatic heterocycles. The average Bonchev–Trinajstić information content (AvgIpc) is 3.09. The van der Waals surface area contributed by atoms with Gasteiger partial charge in [-0.25, -0.2) is 0 Å². The second-order valence-electron chi connectivity index (χ2n) is 6.78. The van der Waals surface area contributed by atoms with Crippen molar-refractivity contribution in [1.29, 1.82) is 0 Å². The Morgan fingerprint density at radius 2 is 1.83 bits per heavy atom. The van der Waals surface area contributed by atoms with Gasteiger partial charge in [-0.1, -0.05) is 12.1 Å². The van der Waals surface area contributed by atoms with Crippen LogP contribution in [0.1, 0.15) is 53.6 Å². The van der Waals surface area contributed by atoms with E-state index in [2.05, 4.69) is 0 Å². The second kappa shape index (κ2) is 7.16. The largest absolute Gasteiger partial charge is 0.481 e. The highest BCUT2D eigenvalue weighted by molar-refractivity contribution is 5.98. The molecule has 0 saturated carbocycles. The second-order valence-corrected chi connectivity index (χ2v) is 6.78. The summed E-state index contributed by atoms with van der Waals surface area (Å²) in [6.07, 6.45) is 5.33. The number of aliphatic carboxylic acids is 1. The van der Waals surface area contributed by atoms with Gasteiger partial charge in [0.25, 0.3) is 0 Å². The van der Waals surface area contributed by atoms with Crippen LogP contribution in [0.5, 0.6) is 0 Å². The molecule has 1 N–H and O–H groups in total. The molecule has 1 atom stereocenters. The molecule has 0 bridgehead atoms. The Hall–Kier alpha value is -2.17. The van der Waals surface area contributed by atoms with Gasteiger partial charge in [-0.05, 0) is 49.3 Å². The summed E-state index contributed by atoms with van der Waals surface area (Å²) in [6.45, 7) is 0.740. The van der Waals surface area contributed by atoms with Crippen molar-refractivity contribution < 1.29 is 19.5 Å². The number of hydrogen-bond acceptors (Lipinski definition) is 3. The molecule has 1 heterocycles. The fourth-order valence-corrected chi connectivity index (χ4v) is 3.62. The Labute approximate surface area is 141 Å². The minimum absolute atomic E-state index is 0.00861. The van der Waals surface area contributed by atoms with Crippen LogP contribution in [0, 0.1) is 5.92 Å². The SMILES string of the molecule is O=C(CCC(=O)N1CCC(C(=O)O)C1)c1ccc2c(c1)CCCC2. The monoisotopic (exact) mass is 329 g/mol. The van der Waals surface area contributed by atoms with Crippen LogP contribution in [0.3, 0.4) is 0 Å². The molecule has 1 unspecified atom stereocenters. The standard InChI is InChI=1S/C19H23NO4/c21-17(15-6-5-13-3-1-2-4-14(13)11-15)7-8-18(22)20-10-9-16(12-20)19(23)24/h5-6,11,16H,1-4,7-10,12H2,(H,23,24). The van der Waals surface area contributed by atoms with Gasteiger partial charge in [0.15, 0.2) is 5.78 Å². The van der Waals surface area contributed by atoms with Crippen LogP contribution in [0.4, 0.5) is 0 Å². The van der Waals surface area contributed by atoms with E-state index in [9.17, 15) is 14.4 Å². The molecule has 0 radical (unpaired) electrons. The lowest BCUT2D eigenvalue weighted by Gasteiger charge is -2.17. The number of fused-ring (bicyclic) bond motifs is 1. The van der Waals surface area contributed by atoms with Gasteiger partial charge in [0, 0.05) is 31.5 Å². The molecule has 1 aromatic rings. The van der Waals surface area contributed by atoms with Crippen molar-refractivity contribution >= 4 is 17.7 Å². The van der Waals surface area contributed by atoms with Crippen LogP contribution < -0.4 is 0 Å². The average molecular weight is 329 g/mol. The molecule has 5 nitrogen and oxygen atoms in total. The number of nitrogens with zero attached hydrogens (tertiary/aromatic N) is 1. The van der Waals surface area contributed by atoms with Crippen molar-refractivity contribution in [2.75, 3.05) is 13.1 Å². The van der Waals surface area contributed by atoms with E-state index in [-0.39, 0.29) is 31.1 Å². The maximum absolute atomic E-state index is 12.4. The number of carbonyl (C=O) groups excluding carboxylic acids is 2. The van der Waals surface area contributed by atoms with Crippen molar-refractivity contribution in [3.05, 3.63) is 34.9 Å². The number of ketones is 1. The van der Waals surface area contributed by atoms with Crippen LogP contribution >= 0.6 is 0 Å². The Balaban J connectivity index is 1.54. The number of carboxylic acid groups (broad SMARTS) is 1. The minimum Gasteiger partial charge on any atom is -0.481 e. The van der Waals surface area contributed by atoms with E-state index in [4.69, 9.17) is 5.11 Å². The number of carboxylic acids is 1. The number of amides is 1. The van der Waals surface area contributed by atoms with Gasteiger partial charge in [0.1, 0.15) is 0 Å². The van der Waals surface area contributed by atoms with E-state index < -0.39 is 11.9 Å². The molecule has 1 saturated heterocycles. The number of hydrogen-bond donors (Lipinski definition) is 1. The van der Waals surface area contributed by atoms with Gasteiger partial charge >= 0.3 is 5.97 Å². The molecule has 1 aliphatic carbocycles. The van der Waals surface area contributed by atoms with Gasteiger partial charge in [0.2, 0.25) is 5.91 Å². The first-order valence-electron chi connectivity index (χ1n) is 8.70. The van der Waals surface area contributed by atoms with Gasteiger partial charge in [-0.3, -0.25) is 14.4 Å². The van der Waals surface area contributed by atoms with E-state index in [0.29, 0.717) is 18.5 Å². The maximum Gasteiger partial charge on any atom is 0.308 e. The fourth-order valence-electron chi connectivity index (χ4n) is 3.62. The summed E-state index contributed by atoms with van der Waals surface area (Å²) in [5.74, 6) is -1.45. The van der Waals surface area contributed by atoms with Crippen LogP contribution in [-0.4, -0.2) is 40.8 Å². The molecular weight excluding hydrogens is 306 g/mol. The predicted octanol–water partition coefficient (Wildman–Crippen LogP) is 2.46. The number of likely N-dealkylation sites (tertiary alicyclic amines) is 1. The first-order valence-corrected chi connectivity index (χ1v) is 8.70. The Kier molecular flexibility index (Phi) is 4.97. The summed E-state index contributed by atoms with van der Waals surface area (Å²) in [4.78, 5) is 37.0. The zero-order valence-electron chi connectivity index (χ0n) is 13.8. The summed E-state index contributed by atoms with van der Waals surface area (Å²) in [6, 6.07) is 5.90. The normalized spacial score (nSPS) is 19.8. The number of aryl methyl sites for hydroxylation is 2. The Morgan fingerprint density at radius 1 is 1.08 bits per heavy atom. The topological polar surface area (TPSA) is 74.7 Å². The highest BCUT2D eigenvalue weighted by Crippen LogP contribution is 2.23. The van der Waals surface area contributed by atoms with Gasteiger partial charge in [0.05, 0.1) is 5.92 Å². The lowest BCUT2D eigenvalue weighted by molar-refractivity contribution is -0.141. The van der Waals surface area contributed by atoms with E-state index in [1.165, 1.54) is 24.0 Å². The number of benzene rings is 1. The molecular formula is C19H23NO4. The molecule has 24 heavy (non-hydrogen) atoms. The van der Waals surface area contributed by atoms with Crippen LogP contribution in [-0.2, 0) is 22.4 Å². The third-order valence-electron chi connectivity index (χ3n) is 5.13. The summed E-state index contributed by atoms with van der Waals surface area (Å²) in [5, 5.41) is 8.98. The van der Waals surface area contributed by atoms with E-state index >= 15 is 0 Å². The van der Waals surface area contributed by atoms with E-state index in [0.717, 1.165) is 12.8 Å². The smallest absolute Gasteiger partial charge is 0.308 e. The summed E-state index contributed by atoms with van der Waals surface area (Å²) in [7, 11) is 0.